The number of nitrogens with one attached hydrogen (secondary N) is 2. The number of amides is 2. The van der Waals surface area contributed by atoms with Gasteiger partial charge in [-0.3, -0.25) is 4.90 Å². The maximum absolute atomic E-state index is 11.9. The highest BCUT2D eigenvalue weighted by atomic mass is 16.2. The van der Waals surface area contributed by atoms with Gasteiger partial charge in [0, 0.05) is 38.8 Å². The molecular weight excluding hydrogens is 288 g/mol. The van der Waals surface area contributed by atoms with E-state index >= 15 is 0 Å². The van der Waals surface area contributed by atoms with Gasteiger partial charge in [0.05, 0.1) is 0 Å². The fourth-order valence-electron chi connectivity index (χ4n) is 2.95. The molecule has 1 aromatic rings. The molecule has 0 radical (unpaired) electrons. The Balaban J connectivity index is 1.63. The Bertz CT molecular complexity index is 479. The van der Waals surface area contributed by atoms with Crippen LogP contribution in [0.4, 0.5) is 4.79 Å². The zero-order valence-corrected chi connectivity index (χ0v) is 14.6. The summed E-state index contributed by atoms with van der Waals surface area (Å²) in [5.74, 6) is 0.453. The molecule has 0 bridgehead atoms. The molecule has 2 atom stereocenters. The lowest BCUT2D eigenvalue weighted by Gasteiger charge is -2.37. The Hall–Kier alpha value is -1.59. The van der Waals surface area contributed by atoms with E-state index in [9.17, 15) is 4.79 Å². The first kappa shape index (κ1) is 17.8. The molecule has 1 fully saturated rings. The molecular formula is C18H30N4O. The number of hydrogen-bond acceptors (Lipinski definition) is 3. The molecule has 2 N–H and O–H groups in total. The van der Waals surface area contributed by atoms with Crippen LogP contribution < -0.4 is 10.6 Å². The first-order valence-electron chi connectivity index (χ1n) is 8.51. The Kier molecular flexibility index (Phi) is 6.86. The number of carbonyl (C=O) groups is 1. The molecule has 0 saturated carbocycles. The molecule has 5 nitrogen and oxygen atoms in total. The summed E-state index contributed by atoms with van der Waals surface area (Å²) in [7, 11) is 4.25. The fourth-order valence-corrected chi connectivity index (χ4v) is 2.95. The second-order valence-corrected chi connectivity index (χ2v) is 6.63. The average Bonchev–Trinajstić information content (AvgIpc) is 2.56. The summed E-state index contributed by atoms with van der Waals surface area (Å²) in [6.45, 7) is 6.74. The van der Waals surface area contributed by atoms with Crippen molar-refractivity contribution < 1.29 is 4.79 Å². The van der Waals surface area contributed by atoms with E-state index in [1.54, 1.807) is 0 Å². The molecule has 0 spiro atoms. The van der Waals surface area contributed by atoms with Crippen LogP contribution in [-0.2, 0) is 0 Å². The van der Waals surface area contributed by atoms with Gasteiger partial charge in [0.1, 0.15) is 0 Å². The lowest BCUT2D eigenvalue weighted by Crippen LogP contribution is -2.55. The van der Waals surface area contributed by atoms with Gasteiger partial charge >= 0.3 is 6.03 Å². The Morgan fingerprint density at radius 3 is 2.70 bits per heavy atom. The second kappa shape index (κ2) is 8.89. The molecule has 0 aliphatic carbocycles. The van der Waals surface area contributed by atoms with Crippen molar-refractivity contribution in [2.75, 3.05) is 46.8 Å². The highest BCUT2D eigenvalue weighted by Gasteiger charge is 2.22. The first-order valence-corrected chi connectivity index (χ1v) is 8.51. The van der Waals surface area contributed by atoms with E-state index in [4.69, 9.17) is 0 Å². The molecule has 2 amide bonds. The van der Waals surface area contributed by atoms with Crippen LogP contribution in [0.3, 0.4) is 0 Å². The minimum Gasteiger partial charge on any atom is -0.338 e. The molecule has 1 saturated heterocycles. The highest BCUT2D eigenvalue weighted by molar-refractivity contribution is 5.73. The number of urea groups is 1. The third-order valence-corrected chi connectivity index (χ3v) is 4.71. The first-order chi connectivity index (χ1) is 11.1. The third-order valence-electron chi connectivity index (χ3n) is 4.71. The number of hydrogen-bond donors (Lipinski definition) is 2. The monoisotopic (exact) mass is 318 g/mol. The van der Waals surface area contributed by atoms with Crippen molar-refractivity contribution in [2.45, 2.75) is 25.3 Å². The number of nitrogens with zero attached hydrogens (tertiary/aromatic N) is 2. The topological polar surface area (TPSA) is 47.6 Å². The predicted molar refractivity (Wildman–Crippen MR) is 94.8 cm³/mol. The predicted octanol–water partition coefficient (Wildman–Crippen LogP) is 1.73. The van der Waals surface area contributed by atoms with Gasteiger partial charge in [-0.25, -0.2) is 4.79 Å². The van der Waals surface area contributed by atoms with Crippen molar-refractivity contribution in [1.29, 1.82) is 0 Å². The quantitative estimate of drug-likeness (QED) is 0.840. The molecule has 128 valence electrons. The van der Waals surface area contributed by atoms with E-state index in [1.807, 2.05) is 6.07 Å². The molecule has 23 heavy (non-hydrogen) atoms. The summed E-state index contributed by atoms with van der Waals surface area (Å²) in [4.78, 5) is 16.6. The summed E-state index contributed by atoms with van der Waals surface area (Å²) in [5.41, 5.74) is 1.32. The van der Waals surface area contributed by atoms with Crippen LogP contribution in [0.15, 0.2) is 30.3 Å². The van der Waals surface area contributed by atoms with Crippen LogP contribution in [0, 0.1) is 0 Å². The average molecular weight is 318 g/mol. The van der Waals surface area contributed by atoms with Crippen LogP contribution in [-0.4, -0.2) is 68.7 Å². The Morgan fingerprint density at radius 2 is 1.96 bits per heavy atom. The van der Waals surface area contributed by atoms with Crippen LogP contribution in [0.2, 0.25) is 0 Å². The molecule has 0 aromatic heterocycles. The maximum Gasteiger partial charge on any atom is 0.314 e. The smallest absolute Gasteiger partial charge is 0.314 e. The lowest BCUT2D eigenvalue weighted by molar-refractivity contribution is 0.114. The van der Waals surface area contributed by atoms with Gasteiger partial charge in [-0.1, -0.05) is 37.3 Å². The van der Waals surface area contributed by atoms with Crippen LogP contribution >= 0.6 is 0 Å². The van der Waals surface area contributed by atoms with Crippen molar-refractivity contribution in [1.82, 2.24) is 20.4 Å². The highest BCUT2D eigenvalue weighted by Crippen LogP contribution is 2.17. The van der Waals surface area contributed by atoms with Crippen LogP contribution in [0.1, 0.15) is 24.8 Å². The minimum absolute atomic E-state index is 0.0631. The number of rotatable bonds is 6. The minimum atomic E-state index is -0.0631. The van der Waals surface area contributed by atoms with Crippen LogP contribution in [0.25, 0.3) is 0 Å². The maximum atomic E-state index is 11.9. The molecule has 1 heterocycles. The summed E-state index contributed by atoms with van der Waals surface area (Å²) in [6, 6.07) is 10.8. The van der Waals surface area contributed by atoms with Gasteiger partial charge < -0.3 is 15.5 Å². The van der Waals surface area contributed by atoms with Gasteiger partial charge in [0.25, 0.3) is 0 Å². The van der Waals surface area contributed by atoms with Crippen molar-refractivity contribution in [2.24, 2.45) is 0 Å². The Labute approximate surface area is 140 Å². The van der Waals surface area contributed by atoms with Crippen molar-refractivity contribution in [3.05, 3.63) is 35.9 Å². The normalized spacial score (nSPS) is 20.9. The lowest BCUT2D eigenvalue weighted by atomic mass is 9.98. The van der Waals surface area contributed by atoms with Gasteiger partial charge in [-0.2, -0.15) is 0 Å². The van der Waals surface area contributed by atoms with E-state index < -0.39 is 0 Å². The number of likely N-dealkylation sites (N-methyl/N-ethyl adjacent to an activating group) is 2. The van der Waals surface area contributed by atoms with Gasteiger partial charge in [0.15, 0.2) is 0 Å². The van der Waals surface area contributed by atoms with Gasteiger partial charge in [0.2, 0.25) is 0 Å². The van der Waals surface area contributed by atoms with E-state index in [0.717, 1.165) is 26.1 Å². The molecule has 5 heteroatoms. The standard InChI is InChI=1S/C18H30N4O/c1-15(16-7-5-4-6-8-16)9-10-19-18(23)20-13-17-14-21(2)11-12-22(17)3/h4-8,15,17H,9-14H2,1-3H3,(H2,19,20,23). The molecule has 1 aliphatic rings. The zero-order valence-electron chi connectivity index (χ0n) is 14.6. The molecule has 2 rings (SSSR count). The molecule has 1 aliphatic heterocycles. The summed E-state index contributed by atoms with van der Waals surface area (Å²) in [6.07, 6.45) is 0.948. The number of piperazine rings is 1. The second-order valence-electron chi connectivity index (χ2n) is 6.63. The van der Waals surface area contributed by atoms with E-state index in [0.29, 0.717) is 25.0 Å². The van der Waals surface area contributed by atoms with Crippen LogP contribution in [0.5, 0.6) is 0 Å². The van der Waals surface area contributed by atoms with E-state index in [-0.39, 0.29) is 6.03 Å². The largest absolute Gasteiger partial charge is 0.338 e. The number of benzene rings is 1. The zero-order chi connectivity index (χ0) is 16.7. The van der Waals surface area contributed by atoms with E-state index in [1.165, 1.54) is 5.56 Å². The summed E-state index contributed by atoms with van der Waals surface area (Å²) in [5, 5.41) is 5.97. The third kappa shape index (κ3) is 5.84. The van der Waals surface area contributed by atoms with Crippen molar-refractivity contribution >= 4 is 6.03 Å². The van der Waals surface area contributed by atoms with E-state index in [2.05, 4.69) is 65.7 Å². The molecule has 1 aromatic carbocycles. The van der Waals surface area contributed by atoms with Crippen molar-refractivity contribution in [3.63, 3.8) is 0 Å². The van der Waals surface area contributed by atoms with Gasteiger partial charge in [-0.15, -0.1) is 0 Å². The van der Waals surface area contributed by atoms with Crippen molar-refractivity contribution in [3.8, 4) is 0 Å². The Morgan fingerprint density at radius 1 is 1.22 bits per heavy atom. The SMILES string of the molecule is CC(CCNC(=O)NCC1CN(C)CCN1C)c1ccccc1. The number of carbonyl (C=O) groups excluding carboxylic acids is 1. The molecule has 2 unspecified atom stereocenters. The summed E-state index contributed by atoms with van der Waals surface area (Å²) < 4.78 is 0. The fraction of sp³-hybridized carbons (Fsp3) is 0.611. The summed E-state index contributed by atoms with van der Waals surface area (Å²) >= 11 is 0. The van der Waals surface area contributed by atoms with Gasteiger partial charge in [-0.05, 0) is 32.0 Å².